The van der Waals surface area contributed by atoms with Crippen LogP contribution >= 0.6 is 0 Å². The van der Waals surface area contributed by atoms with E-state index in [4.69, 9.17) is 0 Å². The van der Waals surface area contributed by atoms with Crippen molar-refractivity contribution in [3.63, 3.8) is 0 Å². The Labute approximate surface area is 159 Å². The van der Waals surface area contributed by atoms with E-state index >= 15 is 0 Å². The van der Waals surface area contributed by atoms with Crippen LogP contribution < -0.4 is 9.80 Å². The number of aromatic nitrogens is 1. The highest BCUT2D eigenvalue weighted by molar-refractivity contribution is 5.85. The largest absolute Gasteiger partial charge is 0.320 e. The molecule has 0 N–H and O–H groups in total. The molecule has 3 nitrogen and oxygen atoms in total. The van der Waals surface area contributed by atoms with Gasteiger partial charge in [-0.1, -0.05) is 60.7 Å². The van der Waals surface area contributed by atoms with Crippen molar-refractivity contribution in [3.05, 3.63) is 103 Å². The van der Waals surface area contributed by atoms with Gasteiger partial charge in [-0.2, -0.15) is 0 Å². The SMILES string of the molecule is c1ccc(-c2cccc(N3CN(c4ccccc4)c4cccnc43)c2)cc1. The number of para-hydroxylation sites is 1. The first kappa shape index (κ1) is 15.6. The fraction of sp³-hybridized carbons (Fsp3) is 0.0417. The van der Waals surface area contributed by atoms with Crippen LogP contribution in [0.2, 0.25) is 0 Å². The van der Waals surface area contributed by atoms with Crippen LogP contribution in [-0.2, 0) is 0 Å². The molecule has 0 fully saturated rings. The van der Waals surface area contributed by atoms with E-state index in [1.807, 2.05) is 24.4 Å². The highest BCUT2D eigenvalue weighted by atomic mass is 15.4. The Morgan fingerprint density at radius 2 is 1.30 bits per heavy atom. The predicted octanol–water partition coefficient (Wildman–Crippen LogP) is 6.00. The molecule has 1 aliphatic rings. The van der Waals surface area contributed by atoms with Crippen molar-refractivity contribution < 1.29 is 0 Å². The molecule has 0 unspecified atom stereocenters. The lowest BCUT2D eigenvalue weighted by atomic mass is 10.1. The molecule has 0 amide bonds. The van der Waals surface area contributed by atoms with E-state index in [2.05, 4.69) is 93.6 Å². The molecular weight excluding hydrogens is 330 g/mol. The van der Waals surface area contributed by atoms with Crippen LogP contribution in [0.25, 0.3) is 11.1 Å². The number of hydrogen-bond acceptors (Lipinski definition) is 3. The maximum Gasteiger partial charge on any atom is 0.158 e. The lowest BCUT2D eigenvalue weighted by Crippen LogP contribution is -2.24. The van der Waals surface area contributed by atoms with Gasteiger partial charge >= 0.3 is 0 Å². The highest BCUT2D eigenvalue weighted by Crippen LogP contribution is 2.42. The van der Waals surface area contributed by atoms with Gasteiger partial charge < -0.3 is 9.80 Å². The van der Waals surface area contributed by atoms with E-state index in [-0.39, 0.29) is 0 Å². The standard InChI is InChI=1S/C24H19N3/c1-3-9-19(10-4-1)20-11-7-14-22(17-20)27-18-26(21-12-5-2-6-13-21)23-15-8-16-25-24(23)27/h1-17H,18H2. The fourth-order valence-corrected chi connectivity index (χ4v) is 3.61. The van der Waals surface area contributed by atoms with Crippen molar-refractivity contribution in [2.45, 2.75) is 0 Å². The smallest absolute Gasteiger partial charge is 0.158 e. The minimum absolute atomic E-state index is 0.745. The van der Waals surface area contributed by atoms with E-state index < -0.39 is 0 Å². The Bertz CT molecular complexity index is 1060. The predicted molar refractivity (Wildman–Crippen MR) is 112 cm³/mol. The topological polar surface area (TPSA) is 19.4 Å². The van der Waals surface area contributed by atoms with E-state index in [0.717, 1.165) is 23.9 Å². The van der Waals surface area contributed by atoms with Crippen LogP contribution in [0.1, 0.15) is 0 Å². The first-order chi connectivity index (χ1) is 13.4. The van der Waals surface area contributed by atoms with Crippen molar-refractivity contribution in [1.29, 1.82) is 0 Å². The quantitative estimate of drug-likeness (QED) is 0.452. The second kappa shape index (κ2) is 6.61. The number of fused-ring (bicyclic) bond motifs is 1. The molecule has 4 aromatic rings. The first-order valence-corrected chi connectivity index (χ1v) is 9.11. The van der Waals surface area contributed by atoms with Crippen molar-refractivity contribution in [3.8, 4) is 11.1 Å². The van der Waals surface area contributed by atoms with E-state index in [0.29, 0.717) is 0 Å². The van der Waals surface area contributed by atoms with Crippen molar-refractivity contribution >= 4 is 22.9 Å². The summed E-state index contributed by atoms with van der Waals surface area (Å²) >= 11 is 0. The molecule has 0 spiro atoms. The number of pyridine rings is 1. The van der Waals surface area contributed by atoms with E-state index in [9.17, 15) is 0 Å². The lowest BCUT2D eigenvalue weighted by Gasteiger charge is -2.22. The molecule has 3 aromatic carbocycles. The third-order valence-corrected chi connectivity index (χ3v) is 4.93. The van der Waals surface area contributed by atoms with Crippen molar-refractivity contribution in [2.75, 3.05) is 16.5 Å². The van der Waals surface area contributed by atoms with Gasteiger partial charge in [0.05, 0.1) is 5.69 Å². The monoisotopic (exact) mass is 349 g/mol. The summed E-state index contributed by atoms with van der Waals surface area (Å²) < 4.78 is 0. The number of hydrogen-bond donors (Lipinski definition) is 0. The molecule has 0 atom stereocenters. The number of nitrogens with zero attached hydrogens (tertiary/aromatic N) is 3. The summed E-state index contributed by atoms with van der Waals surface area (Å²) in [6.45, 7) is 0.745. The molecule has 0 radical (unpaired) electrons. The molecule has 0 saturated carbocycles. The lowest BCUT2D eigenvalue weighted by molar-refractivity contribution is 0.982. The zero-order chi connectivity index (χ0) is 18.1. The normalized spacial score (nSPS) is 12.9. The minimum Gasteiger partial charge on any atom is -0.320 e. The van der Waals surface area contributed by atoms with Crippen LogP contribution in [0.15, 0.2) is 103 Å². The zero-order valence-corrected chi connectivity index (χ0v) is 14.9. The molecule has 27 heavy (non-hydrogen) atoms. The molecule has 0 bridgehead atoms. The van der Waals surface area contributed by atoms with E-state index in [1.165, 1.54) is 16.8 Å². The Kier molecular flexibility index (Phi) is 3.83. The maximum atomic E-state index is 4.68. The average Bonchev–Trinajstić information content (AvgIpc) is 3.15. The number of rotatable bonds is 3. The molecule has 2 heterocycles. The van der Waals surface area contributed by atoms with Crippen LogP contribution in [0.3, 0.4) is 0 Å². The van der Waals surface area contributed by atoms with Gasteiger partial charge in [-0.3, -0.25) is 0 Å². The molecule has 0 saturated heterocycles. The second-order valence-corrected chi connectivity index (χ2v) is 6.60. The maximum absolute atomic E-state index is 4.68. The molecular formula is C24H19N3. The Morgan fingerprint density at radius 3 is 2.11 bits per heavy atom. The minimum atomic E-state index is 0.745. The average molecular weight is 349 g/mol. The summed E-state index contributed by atoms with van der Waals surface area (Å²) in [5.41, 5.74) is 5.89. The second-order valence-electron chi connectivity index (χ2n) is 6.60. The summed E-state index contributed by atoms with van der Waals surface area (Å²) in [6.07, 6.45) is 1.86. The number of anilines is 4. The van der Waals surface area contributed by atoms with Gasteiger partial charge in [0, 0.05) is 17.6 Å². The van der Waals surface area contributed by atoms with Gasteiger partial charge in [-0.25, -0.2) is 4.98 Å². The fourth-order valence-electron chi connectivity index (χ4n) is 3.61. The van der Waals surface area contributed by atoms with Crippen LogP contribution in [0.4, 0.5) is 22.9 Å². The zero-order valence-electron chi connectivity index (χ0n) is 14.9. The van der Waals surface area contributed by atoms with Gasteiger partial charge in [0.1, 0.15) is 6.67 Å². The Hall–Kier alpha value is -3.59. The molecule has 1 aliphatic heterocycles. The third-order valence-electron chi connectivity index (χ3n) is 4.93. The van der Waals surface area contributed by atoms with Gasteiger partial charge in [0.2, 0.25) is 0 Å². The van der Waals surface area contributed by atoms with E-state index in [1.54, 1.807) is 0 Å². The van der Waals surface area contributed by atoms with Crippen LogP contribution in [0.5, 0.6) is 0 Å². The summed E-state index contributed by atoms with van der Waals surface area (Å²) in [5, 5.41) is 0. The Morgan fingerprint density at radius 1 is 0.593 bits per heavy atom. The molecule has 130 valence electrons. The molecule has 5 rings (SSSR count). The summed E-state index contributed by atoms with van der Waals surface area (Å²) in [4.78, 5) is 9.26. The molecule has 3 heteroatoms. The van der Waals surface area contributed by atoms with Gasteiger partial charge in [0.15, 0.2) is 5.82 Å². The summed E-state index contributed by atoms with van der Waals surface area (Å²) in [5.74, 6) is 0.992. The van der Waals surface area contributed by atoms with Crippen LogP contribution in [0, 0.1) is 0 Å². The third kappa shape index (κ3) is 2.83. The van der Waals surface area contributed by atoms with Gasteiger partial charge in [0.25, 0.3) is 0 Å². The summed E-state index contributed by atoms with van der Waals surface area (Å²) in [7, 11) is 0. The van der Waals surface area contributed by atoms with Crippen LogP contribution in [-0.4, -0.2) is 11.7 Å². The Balaban J connectivity index is 1.57. The summed E-state index contributed by atoms with van der Waals surface area (Å²) in [6, 6.07) is 33.8. The first-order valence-electron chi connectivity index (χ1n) is 9.11. The molecule has 1 aromatic heterocycles. The van der Waals surface area contributed by atoms with Crippen molar-refractivity contribution in [1.82, 2.24) is 4.98 Å². The van der Waals surface area contributed by atoms with Crippen molar-refractivity contribution in [2.24, 2.45) is 0 Å². The van der Waals surface area contributed by atoms with Gasteiger partial charge in [-0.05, 0) is 47.5 Å². The molecule has 0 aliphatic carbocycles. The highest BCUT2D eigenvalue weighted by Gasteiger charge is 2.29. The van der Waals surface area contributed by atoms with Gasteiger partial charge in [-0.15, -0.1) is 0 Å². The number of benzene rings is 3.